The second kappa shape index (κ2) is 3.70. The molecule has 0 atom stereocenters. The van der Waals surface area contributed by atoms with Crippen LogP contribution in [0.3, 0.4) is 0 Å². The second-order valence-corrected chi connectivity index (χ2v) is 5.82. The lowest BCUT2D eigenvalue weighted by atomic mass is 10.3. The van der Waals surface area contributed by atoms with E-state index >= 15 is 0 Å². The normalized spacial score (nSPS) is 12.1. The molecular formula is C8H5ClFNO2S2. The Bertz CT molecular complexity index is 608. The van der Waals surface area contributed by atoms with Crippen LogP contribution in [0.15, 0.2) is 18.2 Å². The minimum Gasteiger partial charge on any atom is -0.240 e. The molecule has 3 nitrogen and oxygen atoms in total. The van der Waals surface area contributed by atoms with Crippen molar-refractivity contribution in [1.82, 2.24) is 4.98 Å². The molecule has 0 N–H and O–H groups in total. The van der Waals surface area contributed by atoms with Crippen LogP contribution in [0.2, 0.25) is 5.02 Å². The SMILES string of the molecule is O=S(=O)(F)Cc1nc2cc(Cl)ccc2s1. The number of benzene rings is 1. The fourth-order valence-electron chi connectivity index (χ4n) is 1.16. The van der Waals surface area contributed by atoms with Gasteiger partial charge in [-0.1, -0.05) is 11.6 Å². The van der Waals surface area contributed by atoms with Gasteiger partial charge in [-0.3, -0.25) is 0 Å². The highest BCUT2D eigenvalue weighted by Crippen LogP contribution is 2.26. The van der Waals surface area contributed by atoms with Gasteiger partial charge in [-0.05, 0) is 18.2 Å². The van der Waals surface area contributed by atoms with Crippen molar-refractivity contribution in [3.05, 3.63) is 28.2 Å². The van der Waals surface area contributed by atoms with E-state index < -0.39 is 16.0 Å². The Morgan fingerprint density at radius 2 is 2.20 bits per heavy atom. The predicted molar refractivity (Wildman–Crippen MR) is 58.4 cm³/mol. The van der Waals surface area contributed by atoms with Crippen LogP contribution in [-0.4, -0.2) is 13.4 Å². The molecule has 0 saturated carbocycles. The third-order valence-corrected chi connectivity index (χ3v) is 3.76. The van der Waals surface area contributed by atoms with Crippen molar-refractivity contribution in [3.8, 4) is 0 Å². The minimum absolute atomic E-state index is 0.231. The van der Waals surface area contributed by atoms with E-state index in [4.69, 9.17) is 11.6 Å². The van der Waals surface area contributed by atoms with E-state index in [-0.39, 0.29) is 5.01 Å². The van der Waals surface area contributed by atoms with Crippen molar-refractivity contribution in [3.63, 3.8) is 0 Å². The minimum atomic E-state index is -4.52. The molecule has 80 valence electrons. The lowest BCUT2D eigenvalue weighted by molar-refractivity contribution is 0.551. The van der Waals surface area contributed by atoms with Crippen LogP contribution in [0.5, 0.6) is 0 Å². The molecule has 0 bridgehead atoms. The molecule has 0 saturated heterocycles. The third-order valence-electron chi connectivity index (χ3n) is 1.69. The van der Waals surface area contributed by atoms with E-state index in [1.807, 2.05) is 0 Å². The standard InChI is InChI=1S/C8H5ClFNO2S2/c9-5-1-2-7-6(3-5)11-8(14-7)4-15(10,12)13/h1-3H,4H2. The van der Waals surface area contributed by atoms with Gasteiger partial charge in [-0.25, -0.2) is 4.98 Å². The van der Waals surface area contributed by atoms with Gasteiger partial charge in [-0.15, -0.1) is 15.2 Å². The highest BCUT2D eigenvalue weighted by atomic mass is 35.5. The largest absolute Gasteiger partial charge is 0.308 e. The molecule has 15 heavy (non-hydrogen) atoms. The summed E-state index contributed by atoms with van der Waals surface area (Å²) in [7, 11) is -4.52. The zero-order valence-corrected chi connectivity index (χ0v) is 9.66. The number of fused-ring (bicyclic) bond motifs is 1. The first-order chi connectivity index (χ1) is 6.94. The average Bonchev–Trinajstić information content (AvgIpc) is 2.42. The summed E-state index contributed by atoms with van der Waals surface area (Å²) in [5.41, 5.74) is 0.589. The average molecular weight is 266 g/mol. The first-order valence-corrected chi connectivity index (χ1v) is 6.66. The third kappa shape index (κ3) is 2.64. The van der Waals surface area contributed by atoms with Gasteiger partial charge in [0.15, 0.2) is 0 Å². The van der Waals surface area contributed by atoms with Crippen LogP contribution >= 0.6 is 22.9 Å². The van der Waals surface area contributed by atoms with E-state index in [9.17, 15) is 12.3 Å². The monoisotopic (exact) mass is 265 g/mol. The first-order valence-electron chi connectivity index (χ1n) is 3.91. The molecule has 0 radical (unpaired) electrons. The maximum absolute atomic E-state index is 12.4. The van der Waals surface area contributed by atoms with Crippen LogP contribution < -0.4 is 0 Å². The Hall–Kier alpha value is -0.720. The zero-order valence-electron chi connectivity index (χ0n) is 7.28. The van der Waals surface area contributed by atoms with Crippen molar-refractivity contribution in [1.29, 1.82) is 0 Å². The lowest BCUT2D eigenvalue weighted by Gasteiger charge is -1.87. The van der Waals surface area contributed by atoms with Crippen molar-refractivity contribution >= 4 is 43.4 Å². The Morgan fingerprint density at radius 1 is 1.47 bits per heavy atom. The van der Waals surface area contributed by atoms with Gasteiger partial charge in [0.2, 0.25) is 0 Å². The predicted octanol–water partition coefficient (Wildman–Crippen LogP) is 2.75. The van der Waals surface area contributed by atoms with Gasteiger partial charge >= 0.3 is 10.2 Å². The number of rotatable bonds is 2. The summed E-state index contributed by atoms with van der Waals surface area (Å²) in [6, 6.07) is 5.02. The Kier molecular flexibility index (Phi) is 2.66. The van der Waals surface area contributed by atoms with Gasteiger partial charge in [0, 0.05) is 5.02 Å². The van der Waals surface area contributed by atoms with E-state index in [1.165, 1.54) is 0 Å². The molecule has 7 heteroatoms. The van der Waals surface area contributed by atoms with Crippen LogP contribution in [0.4, 0.5) is 3.89 Å². The van der Waals surface area contributed by atoms with Crippen LogP contribution in [0.25, 0.3) is 10.2 Å². The number of hydrogen-bond donors (Lipinski definition) is 0. The van der Waals surface area contributed by atoms with Crippen molar-refractivity contribution in [2.24, 2.45) is 0 Å². The van der Waals surface area contributed by atoms with E-state index in [1.54, 1.807) is 18.2 Å². The number of aromatic nitrogens is 1. The molecule has 1 heterocycles. The van der Waals surface area contributed by atoms with E-state index in [0.29, 0.717) is 10.5 Å². The maximum atomic E-state index is 12.4. The lowest BCUT2D eigenvalue weighted by Crippen LogP contribution is -1.94. The summed E-state index contributed by atoms with van der Waals surface area (Å²) in [6.45, 7) is 0. The quantitative estimate of drug-likeness (QED) is 0.785. The number of thiazole rings is 1. The Morgan fingerprint density at radius 3 is 2.87 bits per heavy atom. The topological polar surface area (TPSA) is 47.0 Å². The summed E-state index contributed by atoms with van der Waals surface area (Å²) in [6.07, 6.45) is 0. The van der Waals surface area contributed by atoms with Crippen molar-refractivity contribution in [2.75, 3.05) is 0 Å². The van der Waals surface area contributed by atoms with Crippen LogP contribution in [-0.2, 0) is 16.0 Å². The molecule has 1 aromatic heterocycles. The number of hydrogen-bond acceptors (Lipinski definition) is 4. The molecule has 0 fully saturated rings. The number of nitrogens with zero attached hydrogens (tertiary/aromatic N) is 1. The van der Waals surface area contributed by atoms with Gasteiger partial charge in [0.25, 0.3) is 0 Å². The fourth-order valence-corrected chi connectivity index (χ4v) is 3.08. The van der Waals surface area contributed by atoms with Gasteiger partial charge < -0.3 is 0 Å². The molecule has 0 aliphatic heterocycles. The highest BCUT2D eigenvalue weighted by molar-refractivity contribution is 7.85. The number of halogens is 2. The van der Waals surface area contributed by atoms with Crippen molar-refractivity contribution < 1.29 is 12.3 Å². The first kappa shape index (κ1) is 10.8. The molecule has 1 aromatic carbocycles. The van der Waals surface area contributed by atoms with E-state index in [0.717, 1.165) is 16.0 Å². The molecule has 0 amide bonds. The zero-order chi connectivity index (χ0) is 11.1. The summed E-state index contributed by atoms with van der Waals surface area (Å²) < 4.78 is 34.0. The highest BCUT2D eigenvalue weighted by Gasteiger charge is 2.13. The maximum Gasteiger partial charge on any atom is 0.308 e. The van der Waals surface area contributed by atoms with E-state index in [2.05, 4.69) is 4.98 Å². The molecule has 2 rings (SSSR count). The molecule has 0 spiro atoms. The summed E-state index contributed by atoms with van der Waals surface area (Å²) in [5, 5.41) is 0.747. The summed E-state index contributed by atoms with van der Waals surface area (Å²) in [5.74, 6) is -0.677. The van der Waals surface area contributed by atoms with Gasteiger partial charge in [-0.2, -0.15) is 8.42 Å². The Labute approximate surface area is 94.7 Å². The smallest absolute Gasteiger partial charge is 0.240 e. The van der Waals surface area contributed by atoms with Crippen molar-refractivity contribution in [2.45, 2.75) is 5.75 Å². The summed E-state index contributed by atoms with van der Waals surface area (Å²) >= 11 is 6.88. The van der Waals surface area contributed by atoms with Crippen LogP contribution in [0.1, 0.15) is 5.01 Å². The Balaban J connectivity index is 2.48. The molecule has 0 aliphatic rings. The fraction of sp³-hybridized carbons (Fsp3) is 0.125. The molecule has 0 unspecified atom stereocenters. The van der Waals surface area contributed by atoms with Gasteiger partial charge in [0.1, 0.15) is 10.8 Å². The summed E-state index contributed by atoms with van der Waals surface area (Å²) in [4.78, 5) is 3.97. The van der Waals surface area contributed by atoms with Gasteiger partial charge in [0.05, 0.1) is 10.2 Å². The molecule has 2 aromatic rings. The van der Waals surface area contributed by atoms with Crippen LogP contribution in [0, 0.1) is 0 Å². The second-order valence-electron chi connectivity index (χ2n) is 2.90. The molecule has 0 aliphatic carbocycles. The molecular weight excluding hydrogens is 261 g/mol.